The first kappa shape index (κ1) is 16.2. The van der Waals surface area contributed by atoms with E-state index < -0.39 is 6.36 Å². The fourth-order valence-electron chi connectivity index (χ4n) is 2.05. The predicted octanol–water partition coefficient (Wildman–Crippen LogP) is 3.88. The summed E-state index contributed by atoms with van der Waals surface area (Å²) in [5.74, 6) is 0.539. The van der Waals surface area contributed by atoms with Gasteiger partial charge >= 0.3 is 6.36 Å². The summed E-state index contributed by atoms with van der Waals surface area (Å²) in [4.78, 5) is 0. The smallest absolute Gasteiger partial charge is 0.496 e. The molecule has 0 atom stereocenters. The maximum atomic E-state index is 12.3. The maximum absolute atomic E-state index is 12.3. The standard InChI is InChI=1S/C16H16F3NO2/c1-21-14-8-4-2-6-12(14)10-20-11-13-7-3-5-9-15(13)22-16(17,18)19/h2-9,20H,10-11H2,1H3. The van der Waals surface area contributed by atoms with Crippen molar-refractivity contribution in [3.8, 4) is 11.5 Å². The normalized spacial score (nSPS) is 11.3. The third-order valence-corrected chi connectivity index (χ3v) is 3.02. The lowest BCUT2D eigenvalue weighted by atomic mass is 10.1. The second-order valence-corrected chi connectivity index (χ2v) is 4.57. The van der Waals surface area contributed by atoms with E-state index in [1.807, 2.05) is 24.3 Å². The van der Waals surface area contributed by atoms with E-state index in [1.165, 1.54) is 12.1 Å². The van der Waals surface area contributed by atoms with E-state index in [9.17, 15) is 13.2 Å². The van der Waals surface area contributed by atoms with Crippen molar-refractivity contribution in [1.82, 2.24) is 5.32 Å². The first-order chi connectivity index (χ1) is 10.5. The van der Waals surface area contributed by atoms with Gasteiger partial charge in [-0.2, -0.15) is 0 Å². The average molecular weight is 311 g/mol. The number of methoxy groups -OCH3 is 1. The number of halogens is 3. The number of hydrogen-bond donors (Lipinski definition) is 1. The summed E-state index contributed by atoms with van der Waals surface area (Å²) in [7, 11) is 1.57. The van der Waals surface area contributed by atoms with Crippen molar-refractivity contribution in [3.63, 3.8) is 0 Å². The molecule has 0 bridgehead atoms. The third-order valence-electron chi connectivity index (χ3n) is 3.02. The van der Waals surface area contributed by atoms with Crippen LogP contribution in [0, 0.1) is 0 Å². The summed E-state index contributed by atoms with van der Waals surface area (Å²) in [6, 6.07) is 13.5. The molecule has 0 aromatic heterocycles. The van der Waals surface area contributed by atoms with E-state index in [0.717, 1.165) is 11.3 Å². The molecular weight excluding hydrogens is 295 g/mol. The second-order valence-electron chi connectivity index (χ2n) is 4.57. The van der Waals surface area contributed by atoms with E-state index in [4.69, 9.17) is 4.74 Å². The zero-order chi connectivity index (χ0) is 16.0. The summed E-state index contributed by atoms with van der Waals surface area (Å²) < 4.78 is 46.3. The second kappa shape index (κ2) is 7.17. The Labute approximate surface area is 126 Å². The van der Waals surface area contributed by atoms with Crippen molar-refractivity contribution in [2.24, 2.45) is 0 Å². The lowest BCUT2D eigenvalue weighted by molar-refractivity contribution is -0.274. The largest absolute Gasteiger partial charge is 0.573 e. The molecule has 0 heterocycles. The number of para-hydroxylation sites is 2. The summed E-state index contributed by atoms with van der Waals surface area (Å²) in [5, 5.41) is 3.09. The van der Waals surface area contributed by atoms with Crippen LogP contribution in [0.15, 0.2) is 48.5 Å². The molecule has 0 aliphatic heterocycles. The molecule has 0 amide bonds. The van der Waals surface area contributed by atoms with Gasteiger partial charge in [-0.25, -0.2) is 0 Å². The molecule has 2 rings (SSSR count). The Kier molecular flexibility index (Phi) is 5.27. The van der Waals surface area contributed by atoms with Crippen molar-refractivity contribution in [2.75, 3.05) is 7.11 Å². The third kappa shape index (κ3) is 4.66. The van der Waals surface area contributed by atoms with Gasteiger partial charge in [0, 0.05) is 24.2 Å². The molecule has 2 aromatic carbocycles. The maximum Gasteiger partial charge on any atom is 0.573 e. The number of ether oxygens (including phenoxy) is 2. The number of benzene rings is 2. The van der Waals surface area contributed by atoms with Gasteiger partial charge in [-0.05, 0) is 12.1 Å². The van der Waals surface area contributed by atoms with Gasteiger partial charge in [-0.3, -0.25) is 0 Å². The van der Waals surface area contributed by atoms with E-state index in [-0.39, 0.29) is 12.3 Å². The van der Waals surface area contributed by atoms with Gasteiger partial charge < -0.3 is 14.8 Å². The highest BCUT2D eigenvalue weighted by molar-refractivity contribution is 5.35. The lowest BCUT2D eigenvalue weighted by Crippen LogP contribution is -2.20. The number of alkyl halides is 3. The van der Waals surface area contributed by atoms with Gasteiger partial charge in [0.05, 0.1) is 7.11 Å². The SMILES string of the molecule is COc1ccccc1CNCc1ccccc1OC(F)(F)F. The predicted molar refractivity (Wildman–Crippen MR) is 76.7 cm³/mol. The Hall–Kier alpha value is -2.21. The van der Waals surface area contributed by atoms with E-state index in [2.05, 4.69) is 10.1 Å². The van der Waals surface area contributed by atoms with Crippen LogP contribution in [0.4, 0.5) is 13.2 Å². The van der Waals surface area contributed by atoms with Gasteiger partial charge in [0.1, 0.15) is 11.5 Å². The fourth-order valence-corrected chi connectivity index (χ4v) is 2.05. The summed E-state index contributed by atoms with van der Waals surface area (Å²) >= 11 is 0. The van der Waals surface area contributed by atoms with Crippen LogP contribution in [0.5, 0.6) is 11.5 Å². The Morgan fingerprint density at radius 3 is 1.91 bits per heavy atom. The molecule has 3 nitrogen and oxygen atoms in total. The molecular formula is C16H16F3NO2. The Morgan fingerprint density at radius 1 is 0.864 bits per heavy atom. The molecule has 0 saturated carbocycles. The molecule has 0 unspecified atom stereocenters. The van der Waals surface area contributed by atoms with Gasteiger partial charge in [-0.15, -0.1) is 13.2 Å². The molecule has 6 heteroatoms. The summed E-state index contributed by atoms with van der Waals surface area (Å²) in [5.41, 5.74) is 1.37. The van der Waals surface area contributed by atoms with E-state index in [1.54, 1.807) is 19.2 Å². The highest BCUT2D eigenvalue weighted by Crippen LogP contribution is 2.26. The zero-order valence-corrected chi connectivity index (χ0v) is 12.0. The van der Waals surface area contributed by atoms with Crippen molar-refractivity contribution < 1.29 is 22.6 Å². The van der Waals surface area contributed by atoms with Crippen LogP contribution < -0.4 is 14.8 Å². The van der Waals surface area contributed by atoms with Crippen LogP contribution in [0.1, 0.15) is 11.1 Å². The highest BCUT2D eigenvalue weighted by Gasteiger charge is 2.31. The summed E-state index contributed by atoms with van der Waals surface area (Å²) in [6.07, 6.45) is -4.70. The molecule has 2 aromatic rings. The fraction of sp³-hybridized carbons (Fsp3) is 0.250. The Balaban J connectivity index is 2.00. The zero-order valence-electron chi connectivity index (χ0n) is 12.0. The number of nitrogens with one attached hydrogen (secondary N) is 1. The topological polar surface area (TPSA) is 30.5 Å². The molecule has 0 radical (unpaired) electrons. The summed E-state index contributed by atoms with van der Waals surface area (Å²) in [6.45, 7) is 0.731. The van der Waals surface area contributed by atoms with Crippen molar-refractivity contribution in [2.45, 2.75) is 19.5 Å². The number of hydrogen-bond acceptors (Lipinski definition) is 3. The molecule has 118 valence electrons. The van der Waals surface area contributed by atoms with Crippen LogP contribution in [0.25, 0.3) is 0 Å². The molecule has 0 aliphatic rings. The minimum Gasteiger partial charge on any atom is -0.496 e. The van der Waals surface area contributed by atoms with E-state index >= 15 is 0 Å². The molecule has 0 fully saturated rings. The van der Waals surface area contributed by atoms with Crippen LogP contribution in [-0.2, 0) is 13.1 Å². The molecule has 0 saturated heterocycles. The molecule has 22 heavy (non-hydrogen) atoms. The van der Waals surface area contributed by atoms with Crippen LogP contribution in [-0.4, -0.2) is 13.5 Å². The number of rotatable bonds is 6. The monoisotopic (exact) mass is 311 g/mol. The Morgan fingerprint density at radius 2 is 1.36 bits per heavy atom. The van der Waals surface area contributed by atoms with Gasteiger partial charge in [-0.1, -0.05) is 36.4 Å². The molecule has 0 spiro atoms. The van der Waals surface area contributed by atoms with E-state index in [0.29, 0.717) is 12.1 Å². The average Bonchev–Trinajstić information content (AvgIpc) is 2.48. The first-order valence-electron chi connectivity index (χ1n) is 6.66. The van der Waals surface area contributed by atoms with Crippen LogP contribution in [0.2, 0.25) is 0 Å². The first-order valence-corrected chi connectivity index (χ1v) is 6.66. The minimum atomic E-state index is -4.70. The molecule has 1 N–H and O–H groups in total. The van der Waals surface area contributed by atoms with Gasteiger partial charge in [0.15, 0.2) is 0 Å². The Bertz CT molecular complexity index is 614. The lowest BCUT2D eigenvalue weighted by Gasteiger charge is -2.14. The highest BCUT2D eigenvalue weighted by atomic mass is 19.4. The van der Waals surface area contributed by atoms with Gasteiger partial charge in [0.25, 0.3) is 0 Å². The van der Waals surface area contributed by atoms with Crippen molar-refractivity contribution >= 4 is 0 Å². The van der Waals surface area contributed by atoms with Gasteiger partial charge in [0.2, 0.25) is 0 Å². The molecule has 0 aliphatic carbocycles. The van der Waals surface area contributed by atoms with Crippen molar-refractivity contribution in [1.29, 1.82) is 0 Å². The minimum absolute atomic E-state index is 0.192. The quantitative estimate of drug-likeness (QED) is 0.878. The van der Waals surface area contributed by atoms with Crippen LogP contribution in [0.3, 0.4) is 0 Å². The van der Waals surface area contributed by atoms with Crippen molar-refractivity contribution in [3.05, 3.63) is 59.7 Å². The van der Waals surface area contributed by atoms with Crippen LogP contribution >= 0.6 is 0 Å².